The number of para-hydroxylation sites is 1. The largest absolute Gasteiger partial charge is 0.281 e. The van der Waals surface area contributed by atoms with Gasteiger partial charge in [0.05, 0.1) is 11.6 Å². The van der Waals surface area contributed by atoms with Gasteiger partial charge in [-0.1, -0.05) is 18.2 Å². The van der Waals surface area contributed by atoms with Crippen molar-refractivity contribution in [3.63, 3.8) is 0 Å². The predicted molar refractivity (Wildman–Crippen MR) is 97.8 cm³/mol. The smallest absolute Gasteiger partial charge is 0.126 e. The van der Waals surface area contributed by atoms with Crippen LogP contribution in [0.3, 0.4) is 0 Å². The Kier molecular flexibility index (Phi) is 4.19. The topological polar surface area (TPSA) is 30.2 Å². The van der Waals surface area contributed by atoms with E-state index in [0.717, 1.165) is 22.2 Å². The number of rotatable bonds is 3. The molecule has 2 aromatic carbocycles. The molecule has 0 saturated carbocycles. The van der Waals surface area contributed by atoms with Crippen LogP contribution in [-0.4, -0.2) is 21.9 Å². The van der Waals surface area contributed by atoms with E-state index in [9.17, 15) is 8.78 Å². The van der Waals surface area contributed by atoms with Crippen LogP contribution in [0, 0.1) is 11.6 Å². The van der Waals surface area contributed by atoms with E-state index in [1.165, 1.54) is 12.1 Å². The molecule has 0 spiro atoms. The van der Waals surface area contributed by atoms with E-state index in [0.29, 0.717) is 17.1 Å². The van der Waals surface area contributed by atoms with Crippen LogP contribution in [0.4, 0.5) is 8.78 Å². The summed E-state index contributed by atoms with van der Waals surface area (Å²) in [6, 6.07) is 13.0. The molecule has 0 radical (unpaired) electrons. The maximum atomic E-state index is 13.7. The Labute approximate surface area is 147 Å². The van der Waals surface area contributed by atoms with E-state index in [4.69, 9.17) is 0 Å². The average Bonchev–Trinajstić information content (AvgIpc) is 3.25. The number of aromatic nitrogens is 2. The first-order chi connectivity index (χ1) is 12.2. The van der Waals surface area contributed by atoms with Gasteiger partial charge in [0, 0.05) is 34.5 Å². The molecule has 0 atom stereocenters. The SMILES string of the molecule is Fc1cc(F)cc(-c2nn(-c3ccccc3)cc2C=C2C=NCS2)c1. The summed E-state index contributed by atoms with van der Waals surface area (Å²) < 4.78 is 29.0. The number of thioether (sulfide) groups is 1. The first-order valence-electron chi connectivity index (χ1n) is 7.65. The average molecular weight is 353 g/mol. The monoisotopic (exact) mass is 353 g/mol. The summed E-state index contributed by atoms with van der Waals surface area (Å²) in [6.07, 6.45) is 5.58. The van der Waals surface area contributed by atoms with Crippen molar-refractivity contribution >= 4 is 24.1 Å². The van der Waals surface area contributed by atoms with Gasteiger partial charge in [0.15, 0.2) is 0 Å². The molecule has 124 valence electrons. The normalized spacial score (nSPS) is 15.2. The number of hydrogen-bond donors (Lipinski definition) is 0. The molecule has 0 fully saturated rings. The number of hydrogen-bond acceptors (Lipinski definition) is 3. The Bertz CT molecular complexity index is 957. The van der Waals surface area contributed by atoms with E-state index in [-0.39, 0.29) is 0 Å². The van der Waals surface area contributed by atoms with Gasteiger partial charge in [0.2, 0.25) is 0 Å². The molecule has 1 aromatic heterocycles. The first-order valence-corrected chi connectivity index (χ1v) is 8.63. The van der Waals surface area contributed by atoms with Gasteiger partial charge in [-0.05, 0) is 30.3 Å². The van der Waals surface area contributed by atoms with E-state index in [1.807, 2.05) is 42.6 Å². The molecule has 1 aliphatic rings. The molecular weight excluding hydrogens is 340 g/mol. The van der Waals surface area contributed by atoms with Crippen LogP contribution in [0.5, 0.6) is 0 Å². The van der Waals surface area contributed by atoms with Gasteiger partial charge < -0.3 is 0 Å². The number of aliphatic imine (C=N–C) groups is 1. The lowest BCUT2D eigenvalue weighted by Gasteiger charge is -2.01. The number of allylic oxidation sites excluding steroid dienone is 1. The Morgan fingerprint density at radius 1 is 1.04 bits per heavy atom. The Hall–Kier alpha value is -2.73. The molecule has 0 bridgehead atoms. The zero-order valence-electron chi connectivity index (χ0n) is 13.1. The third-order valence-electron chi connectivity index (χ3n) is 3.72. The molecule has 3 nitrogen and oxygen atoms in total. The van der Waals surface area contributed by atoms with Crippen molar-refractivity contribution in [2.75, 3.05) is 5.88 Å². The highest BCUT2D eigenvalue weighted by molar-refractivity contribution is 8.04. The second-order valence-electron chi connectivity index (χ2n) is 5.50. The van der Waals surface area contributed by atoms with Gasteiger partial charge in [0.25, 0.3) is 0 Å². The summed E-state index contributed by atoms with van der Waals surface area (Å²) >= 11 is 1.61. The Balaban J connectivity index is 1.87. The van der Waals surface area contributed by atoms with Crippen LogP contribution in [0.25, 0.3) is 23.0 Å². The van der Waals surface area contributed by atoms with Crippen molar-refractivity contribution in [1.29, 1.82) is 0 Å². The van der Waals surface area contributed by atoms with Crippen molar-refractivity contribution in [3.05, 3.63) is 76.8 Å². The van der Waals surface area contributed by atoms with E-state index in [2.05, 4.69) is 10.1 Å². The Morgan fingerprint density at radius 3 is 2.48 bits per heavy atom. The molecule has 0 amide bonds. The summed E-state index contributed by atoms with van der Waals surface area (Å²) in [7, 11) is 0. The van der Waals surface area contributed by atoms with Crippen molar-refractivity contribution in [3.8, 4) is 16.9 Å². The zero-order chi connectivity index (χ0) is 17.2. The fourth-order valence-electron chi connectivity index (χ4n) is 2.63. The minimum atomic E-state index is -0.625. The predicted octanol–water partition coefficient (Wildman–Crippen LogP) is 4.93. The molecule has 0 N–H and O–H groups in total. The van der Waals surface area contributed by atoms with Gasteiger partial charge in [-0.25, -0.2) is 13.5 Å². The standard InChI is InChI=1S/C19H13F2N3S/c20-15-6-13(7-16(21)9-15)19-14(8-18-10-22-12-25-18)11-24(23-19)17-4-2-1-3-5-17/h1-11H,12H2. The van der Waals surface area contributed by atoms with Crippen LogP contribution < -0.4 is 0 Å². The molecule has 0 saturated heterocycles. The highest BCUT2D eigenvalue weighted by atomic mass is 32.2. The minimum Gasteiger partial charge on any atom is -0.281 e. The van der Waals surface area contributed by atoms with Crippen molar-refractivity contribution < 1.29 is 8.78 Å². The summed E-state index contributed by atoms with van der Waals surface area (Å²) in [5.41, 5.74) is 2.58. The summed E-state index contributed by atoms with van der Waals surface area (Å²) in [5, 5.41) is 4.56. The van der Waals surface area contributed by atoms with Gasteiger partial charge in [-0.3, -0.25) is 4.99 Å². The molecule has 3 aromatic rings. The number of halogens is 2. The van der Waals surface area contributed by atoms with Gasteiger partial charge in [-0.15, -0.1) is 11.8 Å². The van der Waals surface area contributed by atoms with Crippen LogP contribution in [-0.2, 0) is 0 Å². The van der Waals surface area contributed by atoms with Crippen LogP contribution >= 0.6 is 11.8 Å². The molecule has 4 rings (SSSR count). The molecule has 1 aliphatic heterocycles. The molecule has 6 heteroatoms. The molecular formula is C19H13F2N3S. The van der Waals surface area contributed by atoms with Crippen LogP contribution in [0.2, 0.25) is 0 Å². The van der Waals surface area contributed by atoms with Crippen LogP contribution in [0.1, 0.15) is 5.56 Å². The molecule has 2 heterocycles. The highest BCUT2D eigenvalue weighted by Crippen LogP contribution is 2.30. The van der Waals surface area contributed by atoms with E-state index >= 15 is 0 Å². The first kappa shape index (κ1) is 15.8. The fraction of sp³-hybridized carbons (Fsp3) is 0.0526. The lowest BCUT2D eigenvalue weighted by molar-refractivity contribution is 0.584. The van der Waals surface area contributed by atoms with E-state index in [1.54, 1.807) is 22.7 Å². The molecule has 0 aliphatic carbocycles. The summed E-state index contributed by atoms with van der Waals surface area (Å²) in [4.78, 5) is 5.17. The maximum Gasteiger partial charge on any atom is 0.126 e. The van der Waals surface area contributed by atoms with Gasteiger partial charge in [0.1, 0.15) is 17.3 Å². The highest BCUT2D eigenvalue weighted by Gasteiger charge is 2.14. The summed E-state index contributed by atoms with van der Waals surface area (Å²) in [5.74, 6) is -0.567. The van der Waals surface area contributed by atoms with Crippen molar-refractivity contribution in [1.82, 2.24) is 9.78 Å². The van der Waals surface area contributed by atoms with Crippen molar-refractivity contribution in [2.45, 2.75) is 0 Å². The number of benzene rings is 2. The van der Waals surface area contributed by atoms with Gasteiger partial charge >= 0.3 is 0 Å². The lowest BCUT2D eigenvalue weighted by atomic mass is 10.1. The fourth-order valence-corrected chi connectivity index (χ4v) is 3.29. The van der Waals surface area contributed by atoms with Crippen LogP contribution in [0.15, 0.2) is 64.6 Å². The molecule has 0 unspecified atom stereocenters. The van der Waals surface area contributed by atoms with Gasteiger partial charge in [-0.2, -0.15) is 5.10 Å². The second kappa shape index (κ2) is 6.64. The quantitative estimate of drug-likeness (QED) is 0.668. The summed E-state index contributed by atoms with van der Waals surface area (Å²) in [6.45, 7) is 0. The minimum absolute atomic E-state index is 0.402. The Morgan fingerprint density at radius 2 is 1.80 bits per heavy atom. The maximum absolute atomic E-state index is 13.7. The van der Waals surface area contributed by atoms with Crippen molar-refractivity contribution in [2.24, 2.45) is 4.99 Å². The second-order valence-corrected chi connectivity index (χ2v) is 6.52. The molecule has 25 heavy (non-hydrogen) atoms. The van der Waals surface area contributed by atoms with E-state index < -0.39 is 11.6 Å². The number of nitrogens with zero attached hydrogens (tertiary/aromatic N) is 3. The third kappa shape index (κ3) is 3.39. The zero-order valence-corrected chi connectivity index (χ0v) is 13.9. The lowest BCUT2D eigenvalue weighted by Crippen LogP contribution is -1.94. The third-order valence-corrected chi connectivity index (χ3v) is 4.56.